The maximum absolute atomic E-state index is 12.7. The van der Waals surface area contributed by atoms with Gasteiger partial charge < -0.3 is 10.6 Å². The molecule has 1 fully saturated rings. The number of benzene rings is 1. The minimum atomic E-state index is -3.60. The van der Waals surface area contributed by atoms with Crippen molar-refractivity contribution < 1.29 is 18.0 Å². The summed E-state index contributed by atoms with van der Waals surface area (Å²) in [7, 11) is -3.60. The van der Waals surface area contributed by atoms with E-state index in [1.165, 1.54) is 22.5 Å². The van der Waals surface area contributed by atoms with Crippen LogP contribution in [0.2, 0.25) is 5.02 Å². The Bertz CT molecular complexity index is 854. The van der Waals surface area contributed by atoms with Gasteiger partial charge in [-0.15, -0.1) is 0 Å². The van der Waals surface area contributed by atoms with Gasteiger partial charge in [0.2, 0.25) is 21.8 Å². The Balaban J connectivity index is 1.98. The van der Waals surface area contributed by atoms with Crippen LogP contribution < -0.4 is 10.6 Å². The Morgan fingerprint density at radius 3 is 2.47 bits per heavy atom. The van der Waals surface area contributed by atoms with Crippen molar-refractivity contribution in [2.24, 2.45) is 0 Å². The molecule has 0 unspecified atom stereocenters. The Labute approximate surface area is 184 Å². The van der Waals surface area contributed by atoms with Gasteiger partial charge in [-0.2, -0.15) is 4.31 Å². The number of nitrogens with zero attached hydrogens (tertiary/aromatic N) is 2. The summed E-state index contributed by atoms with van der Waals surface area (Å²) in [4.78, 5) is 26.3. The minimum absolute atomic E-state index is 0.0609. The predicted octanol–water partition coefficient (Wildman–Crippen LogP) is 2.30. The molecule has 1 aromatic rings. The Morgan fingerprint density at radius 1 is 1.20 bits per heavy atom. The lowest BCUT2D eigenvalue weighted by atomic mass is 10.3. The molecule has 2 N–H and O–H groups in total. The van der Waals surface area contributed by atoms with Crippen molar-refractivity contribution in [3.8, 4) is 0 Å². The van der Waals surface area contributed by atoms with E-state index in [2.05, 4.69) is 10.6 Å². The molecular formula is C20H31ClN4O4S. The highest BCUT2D eigenvalue weighted by molar-refractivity contribution is 7.89. The van der Waals surface area contributed by atoms with Crippen molar-refractivity contribution in [3.05, 3.63) is 23.2 Å². The van der Waals surface area contributed by atoms with Crippen LogP contribution >= 0.6 is 11.6 Å². The second-order valence-corrected chi connectivity index (χ2v) is 9.99. The number of amides is 2. The monoisotopic (exact) mass is 458 g/mol. The van der Waals surface area contributed by atoms with E-state index in [0.29, 0.717) is 26.2 Å². The number of hydrogen-bond acceptors (Lipinski definition) is 5. The third kappa shape index (κ3) is 6.94. The summed E-state index contributed by atoms with van der Waals surface area (Å²) >= 11 is 6.17. The molecule has 1 heterocycles. The molecule has 2 rings (SSSR count). The fraction of sp³-hybridized carbons (Fsp3) is 0.600. The number of halogens is 1. The van der Waals surface area contributed by atoms with Crippen LogP contribution in [0.5, 0.6) is 0 Å². The van der Waals surface area contributed by atoms with E-state index in [1.54, 1.807) is 0 Å². The summed E-state index contributed by atoms with van der Waals surface area (Å²) in [6.45, 7) is 7.96. The van der Waals surface area contributed by atoms with Crippen molar-refractivity contribution in [2.75, 3.05) is 38.0 Å². The number of carbonyl (C=O) groups is 2. The van der Waals surface area contributed by atoms with Crippen LogP contribution in [0.15, 0.2) is 23.1 Å². The first-order valence-electron chi connectivity index (χ1n) is 10.2. The Hall–Kier alpha value is -1.68. The first kappa shape index (κ1) is 24.6. The molecule has 0 spiro atoms. The van der Waals surface area contributed by atoms with E-state index >= 15 is 0 Å². The summed E-state index contributed by atoms with van der Waals surface area (Å²) in [5, 5.41) is 5.79. The summed E-state index contributed by atoms with van der Waals surface area (Å²) in [5.74, 6) is -0.384. The molecule has 0 radical (unpaired) electrons. The fourth-order valence-electron chi connectivity index (χ4n) is 3.23. The summed E-state index contributed by atoms with van der Waals surface area (Å²) in [6.07, 6.45) is 1.85. The zero-order chi connectivity index (χ0) is 22.3. The van der Waals surface area contributed by atoms with Gasteiger partial charge in [0.05, 0.1) is 22.2 Å². The molecule has 10 heteroatoms. The van der Waals surface area contributed by atoms with Crippen molar-refractivity contribution in [3.63, 3.8) is 0 Å². The number of sulfonamides is 1. The normalized spacial score (nSPS) is 15.0. The highest BCUT2D eigenvalue weighted by Gasteiger charge is 2.27. The van der Waals surface area contributed by atoms with Crippen LogP contribution in [-0.2, 0) is 19.6 Å². The van der Waals surface area contributed by atoms with Gasteiger partial charge in [0.25, 0.3) is 0 Å². The summed E-state index contributed by atoms with van der Waals surface area (Å²) in [5.41, 5.74) is 0.266. The lowest BCUT2D eigenvalue weighted by Crippen LogP contribution is -2.41. The number of hydrogen-bond donors (Lipinski definition) is 2. The lowest BCUT2D eigenvalue weighted by Gasteiger charge is -2.20. The molecule has 1 aromatic carbocycles. The molecule has 168 valence electrons. The maximum Gasteiger partial charge on any atom is 0.243 e. The fourth-order valence-corrected chi connectivity index (χ4v) is 4.94. The third-order valence-corrected chi connectivity index (χ3v) is 7.06. The van der Waals surface area contributed by atoms with Gasteiger partial charge in [0.15, 0.2) is 0 Å². The van der Waals surface area contributed by atoms with Crippen LogP contribution in [0.3, 0.4) is 0 Å². The van der Waals surface area contributed by atoms with Crippen molar-refractivity contribution in [2.45, 2.75) is 51.0 Å². The molecule has 2 amide bonds. The third-order valence-electron chi connectivity index (χ3n) is 4.83. The molecule has 1 aliphatic heterocycles. The van der Waals surface area contributed by atoms with Gasteiger partial charge in [-0.1, -0.05) is 18.5 Å². The van der Waals surface area contributed by atoms with E-state index in [9.17, 15) is 18.0 Å². The molecule has 8 nitrogen and oxygen atoms in total. The lowest BCUT2D eigenvalue weighted by molar-refractivity contribution is -0.123. The first-order valence-corrected chi connectivity index (χ1v) is 12.1. The molecular weight excluding hydrogens is 428 g/mol. The number of likely N-dealkylation sites (N-methyl/N-ethyl adjacent to an activating group) is 1. The van der Waals surface area contributed by atoms with E-state index in [0.717, 1.165) is 12.8 Å². The van der Waals surface area contributed by atoms with Crippen LogP contribution in [-0.4, -0.2) is 68.2 Å². The van der Waals surface area contributed by atoms with Gasteiger partial charge in [0, 0.05) is 32.1 Å². The van der Waals surface area contributed by atoms with Gasteiger partial charge >= 0.3 is 0 Å². The summed E-state index contributed by atoms with van der Waals surface area (Å²) in [6, 6.07) is 4.40. The van der Waals surface area contributed by atoms with E-state index in [4.69, 9.17) is 11.6 Å². The average molecular weight is 459 g/mol. The largest absolute Gasteiger partial charge is 0.353 e. The summed E-state index contributed by atoms with van der Waals surface area (Å²) < 4.78 is 26.9. The van der Waals surface area contributed by atoms with Crippen molar-refractivity contribution in [1.29, 1.82) is 0 Å². The van der Waals surface area contributed by atoms with Crippen molar-refractivity contribution >= 4 is 39.1 Å². The van der Waals surface area contributed by atoms with Gasteiger partial charge in [0.1, 0.15) is 0 Å². The zero-order valence-corrected chi connectivity index (χ0v) is 19.4. The number of anilines is 1. The van der Waals surface area contributed by atoms with Gasteiger partial charge in [-0.25, -0.2) is 8.42 Å². The molecule has 1 saturated heterocycles. The second kappa shape index (κ2) is 11.1. The van der Waals surface area contributed by atoms with E-state index < -0.39 is 10.0 Å². The molecule has 0 saturated carbocycles. The number of rotatable bonds is 10. The van der Waals surface area contributed by atoms with Gasteiger partial charge in [-0.05, 0) is 51.4 Å². The average Bonchev–Trinajstić information content (AvgIpc) is 3.21. The quantitative estimate of drug-likeness (QED) is 0.560. The second-order valence-electron chi connectivity index (χ2n) is 7.64. The standard InChI is InChI=1S/C20H31ClN4O4S/c1-4-24(14-20(27)22-15(2)3)12-9-19(26)23-18-13-16(7-8-17(18)21)30(28,29)25-10-5-6-11-25/h7-8,13,15H,4-6,9-12,14H2,1-3H3,(H,22,27)(H,23,26). The van der Waals surface area contributed by atoms with Crippen LogP contribution in [0, 0.1) is 0 Å². The molecule has 0 aliphatic carbocycles. The minimum Gasteiger partial charge on any atom is -0.353 e. The number of nitrogens with one attached hydrogen (secondary N) is 2. The van der Waals surface area contributed by atoms with Crippen molar-refractivity contribution in [1.82, 2.24) is 14.5 Å². The molecule has 30 heavy (non-hydrogen) atoms. The zero-order valence-electron chi connectivity index (χ0n) is 17.8. The molecule has 0 bridgehead atoms. The van der Waals surface area contributed by atoms with E-state index in [1.807, 2.05) is 25.7 Å². The van der Waals surface area contributed by atoms with Gasteiger partial charge in [-0.3, -0.25) is 14.5 Å². The van der Waals surface area contributed by atoms with Crippen LogP contribution in [0.25, 0.3) is 0 Å². The number of carbonyl (C=O) groups excluding carboxylic acids is 2. The van der Waals surface area contributed by atoms with Crippen LogP contribution in [0.4, 0.5) is 5.69 Å². The Morgan fingerprint density at radius 2 is 1.87 bits per heavy atom. The Kier molecular flexibility index (Phi) is 9.09. The highest BCUT2D eigenvalue weighted by atomic mass is 35.5. The molecule has 0 aromatic heterocycles. The first-order chi connectivity index (χ1) is 14.1. The molecule has 0 atom stereocenters. The predicted molar refractivity (Wildman–Crippen MR) is 118 cm³/mol. The topological polar surface area (TPSA) is 98.8 Å². The van der Waals surface area contributed by atoms with Crippen LogP contribution in [0.1, 0.15) is 40.0 Å². The highest BCUT2D eigenvalue weighted by Crippen LogP contribution is 2.28. The smallest absolute Gasteiger partial charge is 0.243 e. The SMILES string of the molecule is CCN(CCC(=O)Nc1cc(S(=O)(=O)N2CCCC2)ccc1Cl)CC(=O)NC(C)C. The molecule has 1 aliphatic rings. The maximum atomic E-state index is 12.7. The van der Waals surface area contributed by atoms with E-state index in [-0.39, 0.29) is 46.4 Å².